The number of fused-ring (bicyclic) bond motifs is 1. The molecule has 2 atom stereocenters. The average molecular weight is 353 g/mol. The van der Waals surface area contributed by atoms with Gasteiger partial charge < -0.3 is 5.32 Å². The summed E-state index contributed by atoms with van der Waals surface area (Å²) in [7, 11) is 0. The smallest absolute Gasteiger partial charge is 0.233 e. The molecule has 2 aromatic heterocycles. The Morgan fingerprint density at radius 1 is 1.20 bits per heavy atom. The molecule has 3 rings (SSSR count). The van der Waals surface area contributed by atoms with E-state index < -0.39 is 0 Å². The monoisotopic (exact) mass is 353 g/mol. The number of amides is 1. The van der Waals surface area contributed by atoms with Crippen molar-refractivity contribution < 1.29 is 4.79 Å². The minimum absolute atomic E-state index is 0.0417. The van der Waals surface area contributed by atoms with Crippen LogP contribution >= 0.6 is 11.8 Å². The van der Waals surface area contributed by atoms with Gasteiger partial charge in [0, 0.05) is 6.20 Å². The van der Waals surface area contributed by atoms with E-state index >= 15 is 0 Å². The summed E-state index contributed by atoms with van der Waals surface area (Å²) < 4.78 is 2.01. The number of nitrogens with one attached hydrogen (secondary N) is 1. The molecule has 0 saturated heterocycles. The molecule has 1 N–H and O–H groups in total. The van der Waals surface area contributed by atoms with Crippen LogP contribution in [-0.4, -0.2) is 20.5 Å². The molecule has 0 aliphatic heterocycles. The molecule has 1 aromatic carbocycles. The largest absolute Gasteiger partial charge is 0.348 e. The molecule has 0 aliphatic rings. The van der Waals surface area contributed by atoms with Crippen LogP contribution in [-0.2, 0) is 4.79 Å². The summed E-state index contributed by atoms with van der Waals surface area (Å²) in [6.07, 6.45) is 5.75. The molecule has 130 valence electrons. The number of thioether (sulfide) groups is 1. The molecule has 0 unspecified atom stereocenters. The van der Waals surface area contributed by atoms with Crippen molar-refractivity contribution in [3.05, 3.63) is 66.5 Å². The molecule has 0 radical (unpaired) electrons. The highest BCUT2D eigenvalue weighted by Gasteiger charge is 2.21. The maximum absolute atomic E-state index is 12.7. The van der Waals surface area contributed by atoms with E-state index in [1.807, 2.05) is 60.1 Å². The van der Waals surface area contributed by atoms with E-state index in [1.165, 1.54) is 11.8 Å². The second-order valence-electron chi connectivity index (χ2n) is 6.06. The average Bonchev–Trinajstić information content (AvgIpc) is 3.05. The number of rotatable bonds is 7. The van der Waals surface area contributed by atoms with Gasteiger partial charge >= 0.3 is 0 Å². The topological polar surface area (TPSA) is 46.4 Å². The van der Waals surface area contributed by atoms with Gasteiger partial charge in [0.1, 0.15) is 0 Å². The number of hydrogen-bond acceptors (Lipinski definition) is 3. The number of aromatic nitrogens is 2. The first-order chi connectivity index (χ1) is 12.2. The Kier molecular flexibility index (Phi) is 5.76. The van der Waals surface area contributed by atoms with Gasteiger partial charge in [-0.25, -0.2) is 4.98 Å². The number of hydrogen-bond donors (Lipinski definition) is 1. The molecule has 25 heavy (non-hydrogen) atoms. The van der Waals surface area contributed by atoms with Crippen molar-refractivity contribution in [2.45, 2.75) is 43.1 Å². The zero-order chi connectivity index (χ0) is 17.6. The predicted molar refractivity (Wildman–Crippen MR) is 103 cm³/mol. The standard InChI is InChI=1S/C20H23N3OS/c1-3-9-18(16-10-5-4-6-11-16)22-19(24)15(2)25-20-21-14-17-12-7-8-13-23(17)20/h4-8,10-15,18H,3,9H2,1-2H3,(H,22,24)/t15-,18-/m0/s1. The summed E-state index contributed by atoms with van der Waals surface area (Å²) >= 11 is 1.48. The maximum Gasteiger partial charge on any atom is 0.233 e. The second-order valence-corrected chi connectivity index (χ2v) is 7.36. The van der Waals surface area contributed by atoms with Crippen LogP contribution in [0.5, 0.6) is 0 Å². The summed E-state index contributed by atoms with van der Waals surface area (Å²) in [6, 6.07) is 16.2. The van der Waals surface area contributed by atoms with Gasteiger partial charge in [0.15, 0.2) is 5.16 Å². The molecule has 2 heterocycles. The van der Waals surface area contributed by atoms with E-state index in [-0.39, 0.29) is 17.2 Å². The molecule has 5 heteroatoms. The molecule has 0 aliphatic carbocycles. The number of carbonyl (C=O) groups excluding carboxylic acids is 1. The first-order valence-electron chi connectivity index (χ1n) is 8.63. The second kappa shape index (κ2) is 8.21. The summed E-state index contributed by atoms with van der Waals surface area (Å²) in [5, 5.41) is 3.82. The Labute approximate surface area is 152 Å². The lowest BCUT2D eigenvalue weighted by Crippen LogP contribution is -2.34. The molecule has 1 amide bonds. The molecule has 0 fully saturated rings. The minimum atomic E-state index is -0.214. The van der Waals surface area contributed by atoms with Gasteiger partial charge in [-0.3, -0.25) is 9.20 Å². The Morgan fingerprint density at radius 2 is 1.96 bits per heavy atom. The van der Waals surface area contributed by atoms with E-state index in [4.69, 9.17) is 0 Å². The zero-order valence-corrected chi connectivity index (χ0v) is 15.4. The highest BCUT2D eigenvalue weighted by molar-refractivity contribution is 8.00. The van der Waals surface area contributed by atoms with E-state index in [1.54, 1.807) is 0 Å². The molecule has 0 saturated carbocycles. The van der Waals surface area contributed by atoms with Crippen molar-refractivity contribution in [2.24, 2.45) is 0 Å². The molecule has 0 bridgehead atoms. The Morgan fingerprint density at radius 3 is 2.72 bits per heavy atom. The quantitative estimate of drug-likeness (QED) is 0.637. The molecule has 4 nitrogen and oxygen atoms in total. The van der Waals surface area contributed by atoms with Gasteiger partial charge in [-0.2, -0.15) is 0 Å². The number of benzene rings is 1. The Hall–Kier alpha value is -2.27. The van der Waals surface area contributed by atoms with E-state index in [2.05, 4.69) is 29.4 Å². The third-order valence-corrected chi connectivity index (χ3v) is 5.23. The number of pyridine rings is 1. The number of imidazole rings is 1. The number of carbonyl (C=O) groups is 1. The SMILES string of the molecule is CCC[C@H](NC(=O)[C@H](C)Sc1ncc2ccccn12)c1ccccc1. The summed E-state index contributed by atoms with van der Waals surface area (Å²) in [5.74, 6) is 0.0417. The lowest BCUT2D eigenvalue weighted by Gasteiger charge is -2.20. The number of nitrogens with zero attached hydrogens (tertiary/aromatic N) is 2. The first-order valence-corrected chi connectivity index (χ1v) is 9.51. The first kappa shape index (κ1) is 17.5. The van der Waals surface area contributed by atoms with E-state index in [9.17, 15) is 4.79 Å². The van der Waals surface area contributed by atoms with Crippen LogP contribution < -0.4 is 5.32 Å². The van der Waals surface area contributed by atoms with Gasteiger partial charge in [-0.05, 0) is 31.0 Å². The molecular weight excluding hydrogens is 330 g/mol. The minimum Gasteiger partial charge on any atom is -0.348 e. The normalized spacial score (nSPS) is 13.5. The van der Waals surface area contributed by atoms with Crippen molar-refractivity contribution in [1.29, 1.82) is 0 Å². The van der Waals surface area contributed by atoms with Gasteiger partial charge in [0.25, 0.3) is 0 Å². The zero-order valence-electron chi connectivity index (χ0n) is 14.6. The van der Waals surface area contributed by atoms with Crippen molar-refractivity contribution in [3.63, 3.8) is 0 Å². The van der Waals surface area contributed by atoms with Crippen molar-refractivity contribution in [1.82, 2.24) is 14.7 Å². The van der Waals surface area contributed by atoms with E-state index in [0.29, 0.717) is 0 Å². The fraction of sp³-hybridized carbons (Fsp3) is 0.300. The van der Waals surface area contributed by atoms with Crippen LogP contribution in [0.4, 0.5) is 0 Å². The molecule has 0 spiro atoms. The lowest BCUT2D eigenvalue weighted by molar-refractivity contribution is -0.121. The molecule has 3 aromatic rings. The third kappa shape index (κ3) is 4.23. The van der Waals surface area contributed by atoms with Crippen molar-refractivity contribution >= 4 is 23.2 Å². The van der Waals surface area contributed by atoms with Gasteiger partial charge in [0.2, 0.25) is 5.91 Å². The summed E-state index contributed by atoms with van der Waals surface area (Å²) in [6.45, 7) is 4.06. The molecular formula is C20H23N3OS. The summed E-state index contributed by atoms with van der Waals surface area (Å²) in [4.78, 5) is 17.1. The van der Waals surface area contributed by atoms with Gasteiger partial charge in [-0.1, -0.05) is 61.5 Å². The van der Waals surface area contributed by atoms with Crippen LogP contribution in [0.2, 0.25) is 0 Å². The van der Waals surface area contributed by atoms with Crippen LogP contribution in [0.25, 0.3) is 5.52 Å². The lowest BCUT2D eigenvalue weighted by atomic mass is 10.0. The maximum atomic E-state index is 12.7. The van der Waals surface area contributed by atoms with Crippen LogP contribution in [0.3, 0.4) is 0 Å². The fourth-order valence-electron chi connectivity index (χ4n) is 2.80. The predicted octanol–water partition coefficient (Wildman–Crippen LogP) is 4.47. The van der Waals surface area contributed by atoms with Crippen LogP contribution in [0.1, 0.15) is 38.3 Å². The van der Waals surface area contributed by atoms with Crippen molar-refractivity contribution in [3.8, 4) is 0 Å². The Balaban J connectivity index is 1.69. The van der Waals surface area contributed by atoms with Gasteiger partial charge in [-0.15, -0.1) is 0 Å². The van der Waals surface area contributed by atoms with Gasteiger partial charge in [0.05, 0.1) is 23.0 Å². The third-order valence-electron chi connectivity index (χ3n) is 4.15. The van der Waals surface area contributed by atoms with Crippen LogP contribution in [0.15, 0.2) is 66.1 Å². The highest BCUT2D eigenvalue weighted by atomic mass is 32.2. The van der Waals surface area contributed by atoms with Crippen LogP contribution in [0, 0.1) is 0 Å². The summed E-state index contributed by atoms with van der Waals surface area (Å²) in [5.41, 5.74) is 2.19. The highest BCUT2D eigenvalue weighted by Crippen LogP contribution is 2.25. The van der Waals surface area contributed by atoms with Crippen molar-refractivity contribution in [2.75, 3.05) is 0 Å². The fourth-order valence-corrected chi connectivity index (χ4v) is 3.69. The Bertz CT molecular complexity index is 831. The van der Waals surface area contributed by atoms with E-state index in [0.717, 1.165) is 29.1 Å².